The lowest BCUT2D eigenvalue weighted by Gasteiger charge is -2.56. The van der Waals surface area contributed by atoms with Crippen molar-refractivity contribution in [2.24, 2.45) is 23.2 Å². The zero-order valence-corrected chi connectivity index (χ0v) is 17.8. The van der Waals surface area contributed by atoms with E-state index in [2.05, 4.69) is 5.32 Å². The molecule has 0 aliphatic heterocycles. The fraction of sp³-hybridized carbons (Fsp3) is 0.400. The first-order valence-electron chi connectivity index (χ1n) is 10.8. The molecule has 0 heterocycles. The van der Waals surface area contributed by atoms with Crippen molar-refractivity contribution in [1.29, 1.82) is 0 Å². The first kappa shape index (κ1) is 20.3. The third kappa shape index (κ3) is 3.65. The first-order chi connectivity index (χ1) is 14.8. The Kier molecular flexibility index (Phi) is 4.89. The number of anilines is 1. The van der Waals surface area contributed by atoms with Gasteiger partial charge in [0.15, 0.2) is 5.78 Å². The van der Waals surface area contributed by atoms with Crippen molar-refractivity contribution >= 4 is 34.9 Å². The van der Waals surface area contributed by atoms with E-state index in [0.717, 1.165) is 19.3 Å². The average molecular weight is 438 g/mol. The van der Waals surface area contributed by atoms with Crippen LogP contribution in [-0.4, -0.2) is 22.8 Å². The molecule has 4 fully saturated rings. The van der Waals surface area contributed by atoms with E-state index in [9.17, 15) is 19.5 Å². The van der Waals surface area contributed by atoms with Crippen LogP contribution in [-0.2, 0) is 0 Å². The Balaban J connectivity index is 1.33. The standard InChI is InChI=1S/C25H24ClNO4/c26-19-5-6-21(20(10-19)24(30)31)27-23(29)18-3-1-17(2-4-18)22(28)25-11-14-7-15(12-25)9-16(8-14)13-25/h1-6,10,14-16H,7-9,11-13H2,(H,27,29)(H,30,31). The van der Waals surface area contributed by atoms with Gasteiger partial charge in [0, 0.05) is 21.6 Å². The number of carboxylic acids is 1. The second kappa shape index (κ2) is 7.49. The molecule has 0 spiro atoms. The molecule has 0 saturated heterocycles. The van der Waals surface area contributed by atoms with Crippen molar-refractivity contribution in [1.82, 2.24) is 0 Å². The molecule has 2 aromatic carbocycles. The summed E-state index contributed by atoms with van der Waals surface area (Å²) in [6, 6.07) is 11.0. The van der Waals surface area contributed by atoms with E-state index in [4.69, 9.17) is 11.6 Å². The van der Waals surface area contributed by atoms with Crippen molar-refractivity contribution in [3.8, 4) is 0 Å². The Labute approximate surface area is 185 Å². The summed E-state index contributed by atoms with van der Waals surface area (Å²) in [5, 5.41) is 12.2. The third-order valence-corrected chi connectivity index (χ3v) is 7.62. The van der Waals surface area contributed by atoms with Gasteiger partial charge in [-0.25, -0.2) is 4.79 Å². The zero-order valence-electron chi connectivity index (χ0n) is 17.1. The molecule has 4 bridgehead atoms. The van der Waals surface area contributed by atoms with Crippen LogP contribution in [0.4, 0.5) is 5.69 Å². The molecule has 4 saturated carbocycles. The van der Waals surface area contributed by atoms with Crippen LogP contribution in [0.3, 0.4) is 0 Å². The van der Waals surface area contributed by atoms with E-state index < -0.39 is 11.9 Å². The molecular weight excluding hydrogens is 414 g/mol. The van der Waals surface area contributed by atoms with Gasteiger partial charge in [-0.15, -0.1) is 0 Å². The monoisotopic (exact) mass is 437 g/mol. The number of benzene rings is 2. The quantitative estimate of drug-likeness (QED) is 0.588. The summed E-state index contributed by atoms with van der Waals surface area (Å²) in [4.78, 5) is 37.5. The highest BCUT2D eigenvalue weighted by molar-refractivity contribution is 6.31. The van der Waals surface area contributed by atoms with Crippen molar-refractivity contribution in [2.45, 2.75) is 38.5 Å². The SMILES string of the molecule is O=C(Nc1ccc(Cl)cc1C(=O)O)c1ccc(C(=O)C23CC4CC(CC(C4)C2)C3)cc1. The first-order valence-corrected chi connectivity index (χ1v) is 11.2. The van der Waals surface area contributed by atoms with Gasteiger partial charge in [-0.05, 0) is 86.6 Å². The minimum atomic E-state index is -1.17. The lowest BCUT2D eigenvalue weighted by atomic mass is 9.48. The predicted octanol–water partition coefficient (Wildman–Crippen LogP) is 5.69. The second-order valence-corrected chi connectivity index (χ2v) is 9.99. The number of carboxylic acid groups (broad SMARTS) is 1. The topological polar surface area (TPSA) is 83.5 Å². The van der Waals surface area contributed by atoms with Crippen LogP contribution in [0.25, 0.3) is 0 Å². The van der Waals surface area contributed by atoms with E-state index in [0.29, 0.717) is 28.9 Å². The smallest absolute Gasteiger partial charge is 0.337 e. The molecule has 31 heavy (non-hydrogen) atoms. The number of ketones is 1. The minimum absolute atomic E-state index is 0.0746. The Bertz CT molecular complexity index is 1040. The van der Waals surface area contributed by atoms with Gasteiger partial charge in [0.1, 0.15) is 0 Å². The van der Waals surface area contributed by atoms with Gasteiger partial charge in [-0.2, -0.15) is 0 Å². The maximum atomic E-state index is 13.4. The molecule has 1 amide bonds. The minimum Gasteiger partial charge on any atom is -0.478 e. The van der Waals surface area contributed by atoms with Crippen LogP contribution in [0.2, 0.25) is 5.02 Å². The van der Waals surface area contributed by atoms with Crippen molar-refractivity contribution in [3.63, 3.8) is 0 Å². The summed E-state index contributed by atoms with van der Waals surface area (Å²) < 4.78 is 0. The number of Topliss-reactive ketones (excluding diaryl/α,β-unsaturated/α-hetero) is 1. The fourth-order valence-electron chi connectivity index (χ4n) is 6.46. The average Bonchev–Trinajstić information content (AvgIpc) is 2.73. The lowest BCUT2D eigenvalue weighted by Crippen LogP contribution is -2.50. The van der Waals surface area contributed by atoms with E-state index >= 15 is 0 Å². The molecule has 6 heteroatoms. The number of carbonyl (C=O) groups excluding carboxylic acids is 2. The highest BCUT2D eigenvalue weighted by Crippen LogP contribution is 2.60. The number of nitrogens with one attached hydrogen (secondary N) is 1. The molecule has 4 aliphatic carbocycles. The van der Waals surface area contributed by atoms with Crippen LogP contribution in [0.1, 0.15) is 69.6 Å². The highest BCUT2D eigenvalue weighted by Gasteiger charge is 2.54. The van der Waals surface area contributed by atoms with E-state index in [1.807, 2.05) is 0 Å². The number of halogens is 1. The molecule has 160 valence electrons. The van der Waals surface area contributed by atoms with Crippen LogP contribution in [0, 0.1) is 23.2 Å². The Morgan fingerprint density at radius 3 is 1.97 bits per heavy atom. The molecule has 0 unspecified atom stereocenters. The van der Waals surface area contributed by atoms with Crippen LogP contribution >= 0.6 is 11.6 Å². The maximum absolute atomic E-state index is 13.4. The summed E-state index contributed by atoms with van der Waals surface area (Å²) in [6.07, 6.45) is 6.88. The van der Waals surface area contributed by atoms with Crippen LogP contribution in [0.15, 0.2) is 42.5 Å². The Hall–Kier alpha value is -2.66. The summed E-state index contributed by atoms with van der Waals surface area (Å²) in [5.41, 5.74) is 0.924. The summed E-state index contributed by atoms with van der Waals surface area (Å²) in [5.74, 6) is 0.714. The third-order valence-electron chi connectivity index (χ3n) is 7.39. The molecule has 0 atom stereocenters. The van der Waals surface area contributed by atoms with Gasteiger partial charge < -0.3 is 10.4 Å². The summed E-state index contributed by atoms with van der Waals surface area (Å²) >= 11 is 5.87. The van der Waals surface area contributed by atoms with Crippen LogP contribution in [0.5, 0.6) is 0 Å². The molecular formula is C25H24ClNO4. The summed E-state index contributed by atoms with van der Waals surface area (Å²) in [6.45, 7) is 0. The fourth-order valence-corrected chi connectivity index (χ4v) is 6.64. The number of rotatable bonds is 5. The normalized spacial score (nSPS) is 28.4. The molecule has 5 nitrogen and oxygen atoms in total. The Morgan fingerprint density at radius 2 is 1.42 bits per heavy atom. The molecule has 2 aromatic rings. The zero-order chi connectivity index (χ0) is 21.8. The van der Waals surface area contributed by atoms with Gasteiger partial charge in [0.2, 0.25) is 0 Å². The van der Waals surface area contributed by atoms with E-state index in [-0.39, 0.29) is 27.5 Å². The highest BCUT2D eigenvalue weighted by atomic mass is 35.5. The molecule has 0 aromatic heterocycles. The van der Waals surface area contributed by atoms with Gasteiger partial charge in [0.05, 0.1) is 11.3 Å². The van der Waals surface area contributed by atoms with Crippen LogP contribution < -0.4 is 5.32 Å². The van der Waals surface area contributed by atoms with Gasteiger partial charge >= 0.3 is 5.97 Å². The number of hydrogen-bond acceptors (Lipinski definition) is 3. The van der Waals surface area contributed by atoms with Gasteiger partial charge in [-0.3, -0.25) is 9.59 Å². The number of hydrogen-bond donors (Lipinski definition) is 2. The van der Waals surface area contributed by atoms with Crippen molar-refractivity contribution in [2.75, 3.05) is 5.32 Å². The lowest BCUT2D eigenvalue weighted by molar-refractivity contribution is -0.0353. The largest absolute Gasteiger partial charge is 0.478 e. The van der Waals surface area contributed by atoms with E-state index in [1.54, 1.807) is 24.3 Å². The van der Waals surface area contributed by atoms with Gasteiger partial charge in [-0.1, -0.05) is 23.7 Å². The second-order valence-electron chi connectivity index (χ2n) is 9.55. The predicted molar refractivity (Wildman–Crippen MR) is 118 cm³/mol. The Morgan fingerprint density at radius 1 is 0.871 bits per heavy atom. The molecule has 2 N–H and O–H groups in total. The maximum Gasteiger partial charge on any atom is 0.337 e. The number of aromatic carboxylic acids is 1. The van der Waals surface area contributed by atoms with Gasteiger partial charge in [0.25, 0.3) is 5.91 Å². The van der Waals surface area contributed by atoms with Crippen molar-refractivity contribution in [3.05, 3.63) is 64.2 Å². The van der Waals surface area contributed by atoms with Crippen molar-refractivity contribution < 1.29 is 19.5 Å². The number of carbonyl (C=O) groups is 3. The molecule has 0 radical (unpaired) electrons. The number of amides is 1. The molecule has 4 aliphatic rings. The molecule has 6 rings (SSSR count). The van der Waals surface area contributed by atoms with E-state index in [1.165, 1.54) is 37.5 Å². The summed E-state index contributed by atoms with van der Waals surface area (Å²) in [7, 11) is 0.